The third-order valence-corrected chi connectivity index (χ3v) is 5.36. The van der Waals surface area contributed by atoms with Crippen LogP contribution in [0.1, 0.15) is 36.2 Å². The van der Waals surface area contributed by atoms with Crippen molar-refractivity contribution in [2.45, 2.75) is 43.9 Å². The number of hydrogen-bond donors (Lipinski definition) is 2. The third kappa shape index (κ3) is 3.84. The van der Waals surface area contributed by atoms with Crippen molar-refractivity contribution in [1.82, 2.24) is 10.2 Å². The number of fused-ring (bicyclic) bond motifs is 1. The summed E-state index contributed by atoms with van der Waals surface area (Å²) in [4.78, 5) is 27.1. The van der Waals surface area contributed by atoms with E-state index in [0.29, 0.717) is 37.4 Å². The predicted molar refractivity (Wildman–Crippen MR) is 100 cm³/mol. The smallest absolute Gasteiger partial charge is 0.287 e. The van der Waals surface area contributed by atoms with Gasteiger partial charge in [0.1, 0.15) is 11.7 Å². The van der Waals surface area contributed by atoms with Crippen LogP contribution in [0, 0.1) is 0 Å². The fourth-order valence-corrected chi connectivity index (χ4v) is 3.91. The molecule has 144 valence electrons. The van der Waals surface area contributed by atoms with Crippen molar-refractivity contribution in [3.63, 3.8) is 0 Å². The van der Waals surface area contributed by atoms with Crippen LogP contribution in [0.2, 0.25) is 0 Å². The van der Waals surface area contributed by atoms with E-state index < -0.39 is 6.10 Å². The summed E-state index contributed by atoms with van der Waals surface area (Å²) in [7, 11) is 0. The zero-order valence-electron chi connectivity index (χ0n) is 15.2. The van der Waals surface area contributed by atoms with Gasteiger partial charge in [-0.15, -0.1) is 0 Å². The molecule has 2 aliphatic heterocycles. The van der Waals surface area contributed by atoms with Crippen LogP contribution < -0.4 is 11.1 Å². The number of amides is 2. The van der Waals surface area contributed by atoms with Crippen molar-refractivity contribution >= 4 is 22.8 Å². The molecule has 0 saturated carbocycles. The Labute approximate surface area is 157 Å². The van der Waals surface area contributed by atoms with E-state index in [0.717, 1.165) is 24.6 Å². The number of ether oxygens (including phenoxy) is 1. The Morgan fingerprint density at radius 3 is 2.85 bits per heavy atom. The number of para-hydroxylation sites is 1. The highest BCUT2D eigenvalue weighted by molar-refractivity contribution is 5.96. The molecule has 2 aliphatic rings. The lowest BCUT2D eigenvalue weighted by Crippen LogP contribution is -2.52. The van der Waals surface area contributed by atoms with Crippen LogP contribution in [0.15, 0.2) is 34.7 Å². The minimum atomic E-state index is -0.400. The van der Waals surface area contributed by atoms with Crippen LogP contribution in [0.5, 0.6) is 0 Å². The second-order valence-electron chi connectivity index (χ2n) is 7.31. The molecule has 1 aromatic carbocycles. The Hall–Kier alpha value is -2.38. The molecule has 3 heterocycles. The van der Waals surface area contributed by atoms with E-state index in [4.69, 9.17) is 14.9 Å². The Bertz CT molecular complexity index is 800. The highest BCUT2D eigenvalue weighted by Gasteiger charge is 2.35. The Morgan fingerprint density at radius 1 is 1.22 bits per heavy atom. The molecule has 0 spiro atoms. The van der Waals surface area contributed by atoms with Crippen LogP contribution in [-0.4, -0.2) is 54.6 Å². The van der Waals surface area contributed by atoms with Gasteiger partial charge in [0.15, 0.2) is 5.76 Å². The van der Waals surface area contributed by atoms with Gasteiger partial charge >= 0.3 is 0 Å². The average molecular weight is 371 g/mol. The number of furan rings is 1. The molecule has 3 atom stereocenters. The number of hydrogen-bond acceptors (Lipinski definition) is 5. The molecule has 0 radical (unpaired) electrons. The summed E-state index contributed by atoms with van der Waals surface area (Å²) < 4.78 is 11.4. The molecule has 0 bridgehead atoms. The first-order valence-electron chi connectivity index (χ1n) is 9.58. The number of piperidine rings is 1. The number of carbonyl (C=O) groups excluding carboxylic acids is 2. The quantitative estimate of drug-likeness (QED) is 0.852. The number of rotatable bonds is 4. The lowest BCUT2D eigenvalue weighted by Gasteiger charge is -2.34. The molecule has 3 N–H and O–H groups in total. The highest BCUT2D eigenvalue weighted by atomic mass is 16.5. The third-order valence-electron chi connectivity index (χ3n) is 5.36. The van der Waals surface area contributed by atoms with Gasteiger partial charge in [-0.3, -0.25) is 9.59 Å². The Morgan fingerprint density at radius 2 is 2.07 bits per heavy atom. The van der Waals surface area contributed by atoms with E-state index in [1.165, 1.54) is 0 Å². The van der Waals surface area contributed by atoms with Crippen LogP contribution >= 0.6 is 0 Å². The summed E-state index contributed by atoms with van der Waals surface area (Å²) in [5.74, 6) is 0.0593. The van der Waals surface area contributed by atoms with E-state index in [2.05, 4.69) is 5.32 Å². The SMILES string of the molecule is NC[C@H]1CC[C@@H](C(=O)N2CCCC(NC(=O)c3cc4ccccc4o3)C2)O1. The maximum Gasteiger partial charge on any atom is 0.287 e. The van der Waals surface area contributed by atoms with Crippen molar-refractivity contribution in [2.75, 3.05) is 19.6 Å². The van der Waals surface area contributed by atoms with E-state index in [9.17, 15) is 9.59 Å². The molecular weight excluding hydrogens is 346 g/mol. The molecular formula is C20H25N3O4. The van der Waals surface area contributed by atoms with Gasteiger partial charge in [-0.1, -0.05) is 18.2 Å². The predicted octanol–water partition coefficient (Wildman–Crippen LogP) is 1.66. The highest BCUT2D eigenvalue weighted by Crippen LogP contribution is 2.23. The van der Waals surface area contributed by atoms with E-state index >= 15 is 0 Å². The summed E-state index contributed by atoms with van der Waals surface area (Å²) in [6.07, 6.45) is 2.81. The zero-order chi connectivity index (χ0) is 18.8. The van der Waals surface area contributed by atoms with E-state index in [1.54, 1.807) is 11.0 Å². The van der Waals surface area contributed by atoms with Gasteiger partial charge in [-0.25, -0.2) is 0 Å². The first-order valence-corrected chi connectivity index (χ1v) is 9.58. The fraction of sp³-hybridized carbons (Fsp3) is 0.500. The van der Waals surface area contributed by atoms with Crippen molar-refractivity contribution in [3.05, 3.63) is 36.1 Å². The van der Waals surface area contributed by atoms with Gasteiger partial charge < -0.3 is 25.1 Å². The first kappa shape index (κ1) is 18.0. The fourth-order valence-electron chi connectivity index (χ4n) is 3.91. The van der Waals surface area contributed by atoms with Gasteiger partial charge in [-0.2, -0.15) is 0 Å². The Balaban J connectivity index is 1.36. The maximum absolute atomic E-state index is 12.7. The molecule has 0 aliphatic carbocycles. The molecule has 2 saturated heterocycles. The number of carbonyl (C=O) groups is 2. The maximum atomic E-state index is 12.7. The van der Waals surface area contributed by atoms with Gasteiger partial charge in [0.05, 0.1) is 6.10 Å². The van der Waals surface area contributed by atoms with Crippen molar-refractivity contribution in [1.29, 1.82) is 0 Å². The summed E-state index contributed by atoms with van der Waals surface area (Å²) in [5.41, 5.74) is 6.32. The summed E-state index contributed by atoms with van der Waals surface area (Å²) >= 11 is 0. The number of nitrogens with zero attached hydrogens (tertiary/aromatic N) is 1. The van der Waals surface area contributed by atoms with Gasteiger partial charge in [0.2, 0.25) is 0 Å². The van der Waals surface area contributed by atoms with Crippen LogP contribution in [0.25, 0.3) is 11.0 Å². The normalized spacial score (nSPS) is 25.7. The second kappa shape index (κ2) is 7.70. The van der Waals surface area contributed by atoms with Crippen molar-refractivity contribution in [2.24, 2.45) is 5.73 Å². The molecule has 2 amide bonds. The minimum absolute atomic E-state index is 0.00800. The largest absolute Gasteiger partial charge is 0.451 e. The molecule has 2 aromatic rings. The molecule has 7 nitrogen and oxygen atoms in total. The molecule has 4 rings (SSSR count). The topological polar surface area (TPSA) is 97.8 Å². The van der Waals surface area contributed by atoms with Crippen LogP contribution in [-0.2, 0) is 9.53 Å². The number of likely N-dealkylation sites (tertiary alicyclic amines) is 1. The lowest BCUT2D eigenvalue weighted by molar-refractivity contribution is -0.144. The van der Waals surface area contributed by atoms with E-state index in [-0.39, 0.29) is 24.0 Å². The van der Waals surface area contributed by atoms with Crippen LogP contribution in [0.3, 0.4) is 0 Å². The number of benzene rings is 1. The number of nitrogens with one attached hydrogen (secondary N) is 1. The van der Waals surface area contributed by atoms with Crippen molar-refractivity contribution in [3.8, 4) is 0 Å². The molecule has 1 unspecified atom stereocenters. The summed E-state index contributed by atoms with van der Waals surface area (Å²) in [6.45, 7) is 1.64. The molecule has 2 fully saturated rings. The van der Waals surface area contributed by atoms with E-state index in [1.807, 2.05) is 24.3 Å². The van der Waals surface area contributed by atoms with Crippen LogP contribution in [0.4, 0.5) is 0 Å². The lowest BCUT2D eigenvalue weighted by atomic mass is 10.0. The van der Waals surface area contributed by atoms with Gasteiger partial charge in [0, 0.05) is 31.1 Å². The number of nitrogens with two attached hydrogens (primary N) is 1. The minimum Gasteiger partial charge on any atom is -0.451 e. The molecule has 7 heteroatoms. The van der Waals surface area contributed by atoms with Gasteiger partial charge in [-0.05, 0) is 37.8 Å². The first-order chi connectivity index (χ1) is 13.1. The second-order valence-corrected chi connectivity index (χ2v) is 7.31. The Kier molecular flexibility index (Phi) is 5.13. The van der Waals surface area contributed by atoms with Crippen molar-refractivity contribution < 1.29 is 18.7 Å². The van der Waals surface area contributed by atoms with Gasteiger partial charge in [0.25, 0.3) is 11.8 Å². The average Bonchev–Trinajstić information content (AvgIpc) is 3.34. The summed E-state index contributed by atoms with van der Waals surface area (Å²) in [5, 5.41) is 3.90. The molecule has 1 aromatic heterocycles. The standard InChI is InChI=1S/C20H25N3O4/c21-11-15-7-8-17(26-15)20(25)23-9-3-5-14(12-23)22-19(24)18-10-13-4-1-2-6-16(13)27-18/h1-2,4,6,10,14-15,17H,3,5,7-9,11-12,21H2,(H,22,24)/t14?,15-,17+/m1/s1. The molecule has 27 heavy (non-hydrogen) atoms. The monoisotopic (exact) mass is 371 g/mol. The summed E-state index contributed by atoms with van der Waals surface area (Å²) in [6, 6.07) is 9.18. The zero-order valence-corrected chi connectivity index (χ0v) is 15.2.